The Kier molecular flexibility index (Phi) is 12.7. The van der Waals surface area contributed by atoms with Gasteiger partial charge in [0.05, 0.1) is 36.3 Å². The molecule has 2 N–H and O–H groups in total. The van der Waals surface area contributed by atoms with Gasteiger partial charge in [-0.2, -0.15) is 0 Å². The number of carbonyl (C=O) groups excluding carboxylic acids is 3. The third kappa shape index (κ3) is 9.25. The van der Waals surface area contributed by atoms with Crippen LogP contribution in [-0.4, -0.2) is 83.4 Å². The average molecular weight is 723 g/mol. The lowest BCUT2D eigenvalue weighted by molar-refractivity contribution is -0.219. The fourth-order valence-corrected chi connectivity index (χ4v) is 6.33. The molecule has 10 nitrogen and oxygen atoms in total. The summed E-state index contributed by atoms with van der Waals surface area (Å²) in [6.07, 6.45) is -0.595. The van der Waals surface area contributed by atoms with Gasteiger partial charge in [-0.15, -0.1) is 0 Å². The molecule has 254 valence electrons. The molecule has 11 heteroatoms. The van der Waals surface area contributed by atoms with Gasteiger partial charge in [0.25, 0.3) is 0 Å². The number of aliphatic hydroxyl groups excluding tert-OH is 1. The van der Waals surface area contributed by atoms with E-state index in [0.717, 1.165) is 21.6 Å². The number of imide groups is 1. The van der Waals surface area contributed by atoms with Crippen LogP contribution in [0.5, 0.6) is 0 Å². The molecule has 0 saturated carbocycles. The Morgan fingerprint density at radius 3 is 2.23 bits per heavy atom. The Hall–Kier alpha value is -3.71. The number of hydrogen-bond donors (Lipinski definition) is 2. The molecule has 0 aromatic heterocycles. The van der Waals surface area contributed by atoms with Crippen LogP contribution in [0, 0.1) is 5.92 Å². The van der Waals surface area contributed by atoms with Gasteiger partial charge in [-0.05, 0) is 58.0 Å². The van der Waals surface area contributed by atoms with Gasteiger partial charge in [-0.1, -0.05) is 91.0 Å². The smallest absolute Gasteiger partial charge is 0.416 e. The summed E-state index contributed by atoms with van der Waals surface area (Å²) in [6.45, 7) is 0.501. The number of aliphatic hydroxyl groups is 2. The second kappa shape index (κ2) is 17.1. The molecule has 0 aliphatic carbocycles. The van der Waals surface area contributed by atoms with Gasteiger partial charge in [0.2, 0.25) is 5.91 Å². The van der Waals surface area contributed by atoms with E-state index in [1.807, 2.05) is 91.0 Å². The maximum atomic E-state index is 14.3. The number of hydrogen-bond acceptors (Lipinski definition) is 9. The van der Waals surface area contributed by atoms with Crippen molar-refractivity contribution >= 4 is 33.7 Å². The van der Waals surface area contributed by atoms with E-state index in [9.17, 15) is 24.6 Å². The minimum absolute atomic E-state index is 0.0286. The molecular formula is C37H40BrNO9. The van der Waals surface area contributed by atoms with Crippen molar-refractivity contribution in [2.24, 2.45) is 5.92 Å². The maximum absolute atomic E-state index is 14.3. The lowest BCUT2D eigenvalue weighted by Gasteiger charge is -2.38. The van der Waals surface area contributed by atoms with Crippen molar-refractivity contribution < 1.29 is 43.5 Å². The van der Waals surface area contributed by atoms with E-state index >= 15 is 0 Å². The minimum atomic E-state index is -1.92. The number of halogens is 1. The third-order valence-corrected chi connectivity index (χ3v) is 9.23. The standard InChI is InChI=1S/C37H40BrNO9/c38-33-21-32(41)34(48-37(33,44)17-10-18-45-25-30(22-40)46-23-28-15-8-3-9-16-28)31(20-27-13-6-2-7-14-27)35(42)39-29(24-47-36(39)43)19-26-11-4-1-5-12-26/h1-9,11-16,21,29-31,34,40,44H,10,17-20,22-25H2/t29-,30+,31+,34-,37+/m0/s1. The normalized spacial score (nSPS) is 22.2. The number of rotatable bonds is 16. The van der Waals surface area contributed by atoms with E-state index in [2.05, 4.69) is 15.9 Å². The SMILES string of the molecule is O=C1C=C(Br)[C@@](O)(CCCOC[C@@H](CO)OCc2ccccc2)O[C@H]1[C@@H](Cc1ccccc1)C(=O)N1C(=O)OC[C@@H]1Cc1ccccc1. The van der Waals surface area contributed by atoms with E-state index in [1.54, 1.807) is 0 Å². The van der Waals surface area contributed by atoms with Crippen LogP contribution in [0.1, 0.15) is 29.5 Å². The first-order valence-electron chi connectivity index (χ1n) is 16.0. The molecule has 5 atom stereocenters. The Bertz CT molecular complexity index is 1540. The topological polar surface area (TPSA) is 132 Å². The van der Waals surface area contributed by atoms with Crippen LogP contribution in [0.4, 0.5) is 4.79 Å². The van der Waals surface area contributed by atoms with Gasteiger partial charge in [0.15, 0.2) is 11.6 Å². The number of ketones is 1. The van der Waals surface area contributed by atoms with Gasteiger partial charge in [-0.25, -0.2) is 9.69 Å². The predicted molar refractivity (Wildman–Crippen MR) is 180 cm³/mol. The molecule has 5 rings (SSSR count). The van der Waals surface area contributed by atoms with E-state index in [1.165, 1.54) is 6.08 Å². The number of benzene rings is 3. The zero-order valence-electron chi connectivity index (χ0n) is 26.5. The molecule has 0 bridgehead atoms. The number of amides is 2. The fraction of sp³-hybridized carbons (Fsp3) is 0.378. The number of carbonyl (C=O) groups is 3. The molecule has 2 amide bonds. The van der Waals surface area contributed by atoms with Crippen LogP contribution in [0.25, 0.3) is 0 Å². The van der Waals surface area contributed by atoms with Crippen molar-refractivity contribution in [2.45, 2.75) is 56.3 Å². The lowest BCUT2D eigenvalue weighted by Crippen LogP contribution is -2.53. The van der Waals surface area contributed by atoms with Crippen molar-refractivity contribution in [3.8, 4) is 0 Å². The lowest BCUT2D eigenvalue weighted by atomic mass is 9.87. The molecule has 2 heterocycles. The summed E-state index contributed by atoms with van der Waals surface area (Å²) < 4.78 is 23.0. The van der Waals surface area contributed by atoms with E-state index in [0.29, 0.717) is 19.4 Å². The van der Waals surface area contributed by atoms with Crippen molar-refractivity contribution in [1.29, 1.82) is 0 Å². The second-order valence-corrected chi connectivity index (χ2v) is 12.8. The number of cyclic esters (lactones) is 1. The summed E-state index contributed by atoms with van der Waals surface area (Å²) in [6, 6.07) is 27.7. The molecule has 3 aromatic carbocycles. The van der Waals surface area contributed by atoms with Crippen molar-refractivity contribution in [2.75, 3.05) is 26.4 Å². The summed E-state index contributed by atoms with van der Waals surface area (Å²) in [5.41, 5.74) is 2.67. The molecule has 0 radical (unpaired) electrons. The highest BCUT2D eigenvalue weighted by Crippen LogP contribution is 2.38. The second-order valence-electron chi connectivity index (χ2n) is 11.9. The number of ether oxygens (including phenoxy) is 4. The van der Waals surface area contributed by atoms with Crippen molar-refractivity contribution in [3.05, 3.63) is 118 Å². The van der Waals surface area contributed by atoms with Crippen LogP contribution in [0.3, 0.4) is 0 Å². The summed E-state index contributed by atoms with van der Waals surface area (Å²) in [4.78, 5) is 41.8. The first-order valence-corrected chi connectivity index (χ1v) is 16.8. The van der Waals surface area contributed by atoms with Crippen LogP contribution < -0.4 is 0 Å². The summed E-state index contributed by atoms with van der Waals surface area (Å²) in [5.74, 6) is -4.17. The summed E-state index contributed by atoms with van der Waals surface area (Å²) >= 11 is 3.30. The quantitative estimate of drug-likeness (QED) is 0.201. The van der Waals surface area contributed by atoms with Crippen molar-refractivity contribution in [1.82, 2.24) is 4.90 Å². The molecule has 0 spiro atoms. The Labute approximate surface area is 288 Å². The minimum Gasteiger partial charge on any atom is -0.447 e. The summed E-state index contributed by atoms with van der Waals surface area (Å²) in [7, 11) is 0. The molecule has 3 aromatic rings. The first kappa shape index (κ1) is 35.6. The van der Waals surface area contributed by atoms with Crippen LogP contribution in [0.2, 0.25) is 0 Å². The molecule has 0 unspecified atom stereocenters. The molecule has 48 heavy (non-hydrogen) atoms. The van der Waals surface area contributed by atoms with E-state index in [4.69, 9.17) is 18.9 Å². The molecule has 1 fully saturated rings. The van der Waals surface area contributed by atoms with Gasteiger partial charge in [0.1, 0.15) is 18.8 Å². The molecule has 1 saturated heterocycles. The Morgan fingerprint density at radius 2 is 1.58 bits per heavy atom. The van der Waals surface area contributed by atoms with Crippen LogP contribution >= 0.6 is 15.9 Å². The van der Waals surface area contributed by atoms with Gasteiger partial charge in [-0.3, -0.25) is 9.59 Å². The zero-order valence-corrected chi connectivity index (χ0v) is 28.1. The fourth-order valence-electron chi connectivity index (χ4n) is 5.81. The Balaban J connectivity index is 1.25. The zero-order chi connectivity index (χ0) is 33.9. The Morgan fingerprint density at radius 1 is 0.958 bits per heavy atom. The van der Waals surface area contributed by atoms with Gasteiger partial charge in [0, 0.05) is 13.0 Å². The number of nitrogens with zero attached hydrogens (tertiary/aromatic N) is 1. The highest BCUT2D eigenvalue weighted by molar-refractivity contribution is 9.11. The van der Waals surface area contributed by atoms with Gasteiger partial charge >= 0.3 is 6.09 Å². The average Bonchev–Trinajstić information content (AvgIpc) is 3.47. The van der Waals surface area contributed by atoms with Gasteiger partial charge < -0.3 is 29.2 Å². The maximum Gasteiger partial charge on any atom is 0.416 e. The van der Waals surface area contributed by atoms with E-state index < -0.39 is 47.7 Å². The summed E-state index contributed by atoms with van der Waals surface area (Å²) in [5, 5.41) is 21.3. The van der Waals surface area contributed by atoms with Crippen LogP contribution in [0.15, 0.2) is 102 Å². The highest BCUT2D eigenvalue weighted by atomic mass is 79.9. The van der Waals surface area contributed by atoms with Crippen LogP contribution in [-0.2, 0) is 48.0 Å². The first-order chi connectivity index (χ1) is 23.3. The third-order valence-electron chi connectivity index (χ3n) is 8.38. The predicted octanol–water partition coefficient (Wildman–Crippen LogP) is 4.75. The van der Waals surface area contributed by atoms with E-state index in [-0.39, 0.29) is 43.8 Å². The highest BCUT2D eigenvalue weighted by Gasteiger charge is 2.49. The largest absolute Gasteiger partial charge is 0.447 e. The molecule has 2 aliphatic heterocycles. The monoisotopic (exact) mass is 721 g/mol. The molecular weight excluding hydrogens is 682 g/mol. The molecule has 2 aliphatic rings. The van der Waals surface area contributed by atoms with Crippen molar-refractivity contribution in [3.63, 3.8) is 0 Å².